The molecule has 106 valence electrons. The molecule has 0 N–H and O–H groups in total. The number of hydrogen-bond donors (Lipinski definition) is 0. The number of allylic oxidation sites excluding steroid dienone is 2. The van der Waals surface area contributed by atoms with E-state index in [-0.39, 0.29) is 7.43 Å². The van der Waals surface area contributed by atoms with E-state index in [2.05, 4.69) is 50.3 Å². The maximum absolute atomic E-state index is 2.33. The predicted octanol–water partition coefficient (Wildman–Crippen LogP) is 6.26. The van der Waals surface area contributed by atoms with Gasteiger partial charge in [0.25, 0.3) is 0 Å². The second-order valence-corrected chi connectivity index (χ2v) is 5.77. The Morgan fingerprint density at radius 3 is 2.26 bits per heavy atom. The van der Waals surface area contributed by atoms with Gasteiger partial charge >= 0.3 is 0 Å². The van der Waals surface area contributed by atoms with Crippen molar-refractivity contribution in [2.24, 2.45) is 5.92 Å². The van der Waals surface area contributed by atoms with Crippen LogP contribution in [0.5, 0.6) is 0 Å². The third-order valence-electron chi connectivity index (χ3n) is 4.37. The van der Waals surface area contributed by atoms with Gasteiger partial charge in [0, 0.05) is 0 Å². The highest BCUT2D eigenvalue weighted by Crippen LogP contribution is 2.37. The number of hydrogen-bond acceptors (Lipinski definition) is 0. The molecule has 0 spiro atoms. The van der Waals surface area contributed by atoms with Gasteiger partial charge in [-0.25, -0.2) is 0 Å². The van der Waals surface area contributed by atoms with Crippen LogP contribution in [0.15, 0.2) is 36.4 Å². The van der Waals surface area contributed by atoms with Gasteiger partial charge in [0.15, 0.2) is 0 Å². The van der Waals surface area contributed by atoms with Crippen LogP contribution in [0.4, 0.5) is 0 Å². The molecular weight excluding hydrogens is 228 g/mol. The van der Waals surface area contributed by atoms with E-state index in [9.17, 15) is 0 Å². The van der Waals surface area contributed by atoms with E-state index < -0.39 is 0 Å². The van der Waals surface area contributed by atoms with E-state index in [0.717, 1.165) is 11.8 Å². The van der Waals surface area contributed by atoms with Gasteiger partial charge in [-0.2, -0.15) is 0 Å². The zero-order valence-electron chi connectivity index (χ0n) is 11.9. The lowest BCUT2D eigenvalue weighted by atomic mass is 9.77. The first kappa shape index (κ1) is 16.0. The summed E-state index contributed by atoms with van der Waals surface area (Å²) in [7, 11) is 0. The van der Waals surface area contributed by atoms with Crippen molar-refractivity contribution in [2.75, 3.05) is 0 Å². The molecule has 0 aromatic heterocycles. The highest BCUT2D eigenvalue weighted by Gasteiger charge is 2.21. The first-order chi connectivity index (χ1) is 8.79. The fourth-order valence-corrected chi connectivity index (χ4v) is 3.12. The second kappa shape index (κ2) is 8.19. The van der Waals surface area contributed by atoms with Crippen LogP contribution < -0.4 is 0 Å². The van der Waals surface area contributed by atoms with Crippen LogP contribution >= 0.6 is 0 Å². The van der Waals surface area contributed by atoms with Crippen molar-refractivity contribution in [2.45, 2.75) is 65.7 Å². The molecule has 0 heterocycles. The van der Waals surface area contributed by atoms with Gasteiger partial charge in [-0.3, -0.25) is 0 Å². The van der Waals surface area contributed by atoms with Gasteiger partial charge in [0.05, 0.1) is 0 Å². The van der Waals surface area contributed by atoms with E-state index in [1.807, 2.05) is 0 Å². The Labute approximate surface area is 119 Å². The summed E-state index contributed by atoms with van der Waals surface area (Å²) in [6.45, 7) is 4.29. The summed E-state index contributed by atoms with van der Waals surface area (Å²) in [5.41, 5.74) is 2.94. The molecule has 0 heteroatoms. The van der Waals surface area contributed by atoms with E-state index in [1.165, 1.54) is 44.1 Å². The highest BCUT2D eigenvalue weighted by molar-refractivity contribution is 5.24. The highest BCUT2D eigenvalue weighted by atomic mass is 14.3. The summed E-state index contributed by atoms with van der Waals surface area (Å²) < 4.78 is 0. The van der Waals surface area contributed by atoms with E-state index in [0.29, 0.717) is 0 Å². The first-order valence-corrected chi connectivity index (χ1v) is 7.47. The molecule has 1 aliphatic rings. The van der Waals surface area contributed by atoms with Gasteiger partial charge in [-0.05, 0) is 69.8 Å². The summed E-state index contributed by atoms with van der Waals surface area (Å²) in [4.78, 5) is 0. The number of rotatable bonds is 4. The molecule has 1 aliphatic carbocycles. The Hall–Kier alpha value is -1.04. The lowest BCUT2D eigenvalue weighted by Gasteiger charge is -2.28. The smallest absolute Gasteiger partial charge is 0.0162 e. The minimum atomic E-state index is 0. The van der Waals surface area contributed by atoms with Crippen molar-refractivity contribution in [1.82, 2.24) is 0 Å². The summed E-state index contributed by atoms with van der Waals surface area (Å²) in [6.07, 6.45) is 12.8. The average molecular weight is 258 g/mol. The Balaban J connectivity index is 0.00000180. The van der Waals surface area contributed by atoms with Crippen LogP contribution in [0.1, 0.15) is 69.9 Å². The van der Waals surface area contributed by atoms with E-state index >= 15 is 0 Å². The molecular formula is C19H30. The lowest BCUT2D eigenvalue weighted by Crippen LogP contribution is -2.13. The largest absolute Gasteiger partial charge is 0.0917 e. The standard InChI is InChI=1S/C18H26.CH4/c1-3-4-5-6-16-9-13-18(14-10-16)17-11-7-15(2)8-12-17;/h3-4,7-8,11-12,16,18H,5-6,9-10,13-14H2,1-2H3;1H4/b4-3+;. The van der Waals surface area contributed by atoms with E-state index in [1.54, 1.807) is 5.56 Å². The molecule has 0 amide bonds. The lowest BCUT2D eigenvalue weighted by molar-refractivity contribution is 0.312. The maximum atomic E-state index is 2.33. The van der Waals surface area contributed by atoms with Gasteiger partial charge in [-0.15, -0.1) is 0 Å². The van der Waals surface area contributed by atoms with Crippen LogP contribution in [0.3, 0.4) is 0 Å². The molecule has 1 saturated carbocycles. The van der Waals surface area contributed by atoms with Crippen LogP contribution in [0, 0.1) is 12.8 Å². The molecule has 1 fully saturated rings. The normalized spacial score (nSPS) is 23.3. The fraction of sp³-hybridized carbons (Fsp3) is 0.579. The molecule has 0 bridgehead atoms. The third kappa shape index (κ3) is 4.86. The minimum Gasteiger partial charge on any atom is -0.0917 e. The molecule has 0 aliphatic heterocycles. The topological polar surface area (TPSA) is 0 Å². The van der Waals surface area contributed by atoms with Crippen LogP contribution in [0.2, 0.25) is 0 Å². The predicted molar refractivity (Wildman–Crippen MR) is 86.7 cm³/mol. The third-order valence-corrected chi connectivity index (χ3v) is 4.37. The summed E-state index contributed by atoms with van der Waals surface area (Å²) in [6, 6.07) is 9.18. The number of benzene rings is 1. The molecule has 0 unspecified atom stereocenters. The Kier molecular flexibility index (Phi) is 6.91. The fourth-order valence-electron chi connectivity index (χ4n) is 3.12. The summed E-state index contributed by atoms with van der Waals surface area (Å²) >= 11 is 0. The molecule has 0 nitrogen and oxygen atoms in total. The SMILES string of the molecule is C.C/C=C/CCC1CCC(c2ccc(C)cc2)CC1. The first-order valence-electron chi connectivity index (χ1n) is 7.47. The van der Waals surface area contributed by atoms with Crippen molar-refractivity contribution in [1.29, 1.82) is 0 Å². The Bertz CT molecular complexity index is 364. The quantitative estimate of drug-likeness (QED) is 0.559. The van der Waals surface area contributed by atoms with Crippen molar-refractivity contribution in [3.63, 3.8) is 0 Å². The molecule has 19 heavy (non-hydrogen) atoms. The Morgan fingerprint density at radius 2 is 1.68 bits per heavy atom. The van der Waals surface area contributed by atoms with Gasteiger partial charge in [-0.1, -0.05) is 49.4 Å². The van der Waals surface area contributed by atoms with Crippen molar-refractivity contribution in [3.05, 3.63) is 47.5 Å². The molecule has 0 radical (unpaired) electrons. The van der Waals surface area contributed by atoms with Crippen LogP contribution in [-0.4, -0.2) is 0 Å². The zero-order chi connectivity index (χ0) is 12.8. The summed E-state index contributed by atoms with van der Waals surface area (Å²) in [5.74, 6) is 1.80. The molecule has 1 aromatic rings. The monoisotopic (exact) mass is 258 g/mol. The van der Waals surface area contributed by atoms with Gasteiger partial charge in [0.1, 0.15) is 0 Å². The second-order valence-electron chi connectivity index (χ2n) is 5.77. The van der Waals surface area contributed by atoms with E-state index in [4.69, 9.17) is 0 Å². The van der Waals surface area contributed by atoms with Crippen molar-refractivity contribution < 1.29 is 0 Å². The average Bonchev–Trinajstić information content (AvgIpc) is 2.41. The maximum Gasteiger partial charge on any atom is -0.0162 e. The van der Waals surface area contributed by atoms with Crippen molar-refractivity contribution >= 4 is 0 Å². The Morgan fingerprint density at radius 1 is 1.05 bits per heavy atom. The molecule has 1 aromatic carbocycles. The molecule has 2 rings (SSSR count). The summed E-state index contributed by atoms with van der Waals surface area (Å²) in [5, 5.41) is 0. The zero-order valence-corrected chi connectivity index (χ0v) is 11.9. The van der Waals surface area contributed by atoms with Gasteiger partial charge in [0.2, 0.25) is 0 Å². The molecule has 0 atom stereocenters. The molecule has 0 saturated heterocycles. The van der Waals surface area contributed by atoms with Crippen LogP contribution in [0.25, 0.3) is 0 Å². The van der Waals surface area contributed by atoms with Crippen molar-refractivity contribution in [3.8, 4) is 0 Å². The minimum absolute atomic E-state index is 0. The van der Waals surface area contributed by atoms with Crippen LogP contribution in [-0.2, 0) is 0 Å². The van der Waals surface area contributed by atoms with Gasteiger partial charge < -0.3 is 0 Å². The number of aryl methyl sites for hydroxylation is 1.